The molecule has 1 heterocycles. The van der Waals surface area contributed by atoms with E-state index in [4.69, 9.17) is 46.4 Å². The molecule has 0 atom stereocenters. The predicted octanol–water partition coefficient (Wildman–Crippen LogP) is 5.75. The number of rotatable bonds is 2. The highest BCUT2D eigenvalue weighted by Crippen LogP contribution is 2.32. The van der Waals surface area contributed by atoms with Gasteiger partial charge in [-0.1, -0.05) is 52.5 Å². The third-order valence-electron chi connectivity index (χ3n) is 2.41. The Kier molecular flexibility index (Phi) is 4.23. The summed E-state index contributed by atoms with van der Waals surface area (Å²) >= 11 is 23.8. The van der Waals surface area contributed by atoms with E-state index >= 15 is 0 Å². The minimum atomic E-state index is 0.197. The molecule has 18 heavy (non-hydrogen) atoms. The first-order valence-electron chi connectivity index (χ1n) is 5.02. The van der Waals surface area contributed by atoms with E-state index in [1.165, 1.54) is 0 Å². The number of nitrogens with one attached hydrogen (secondary N) is 1. The summed E-state index contributed by atoms with van der Waals surface area (Å²) in [4.78, 5) is 4.09. The Balaban J connectivity index is 2.40. The molecule has 0 saturated heterocycles. The highest BCUT2D eigenvalue weighted by atomic mass is 35.5. The molecule has 1 aromatic heterocycles. The smallest absolute Gasteiger partial charge is 0.151 e. The molecule has 0 saturated carbocycles. The Labute approximate surface area is 125 Å². The van der Waals surface area contributed by atoms with Crippen LogP contribution in [0.15, 0.2) is 24.3 Å². The molecule has 1 aromatic carbocycles. The molecule has 0 spiro atoms. The molecule has 0 bridgehead atoms. The average molecular weight is 322 g/mol. The first kappa shape index (κ1) is 13.8. The van der Waals surface area contributed by atoms with E-state index in [0.717, 1.165) is 11.3 Å². The van der Waals surface area contributed by atoms with E-state index in [1.54, 1.807) is 6.07 Å². The summed E-state index contributed by atoms with van der Waals surface area (Å²) in [6.45, 7) is 1.90. The molecule has 2 aromatic rings. The van der Waals surface area contributed by atoms with Gasteiger partial charge in [0, 0.05) is 10.7 Å². The van der Waals surface area contributed by atoms with Gasteiger partial charge in [0.05, 0.1) is 10.0 Å². The molecule has 0 radical (unpaired) electrons. The molecule has 0 aliphatic heterocycles. The zero-order valence-corrected chi connectivity index (χ0v) is 12.3. The first-order valence-corrected chi connectivity index (χ1v) is 6.54. The van der Waals surface area contributed by atoms with Crippen molar-refractivity contribution in [2.24, 2.45) is 0 Å². The monoisotopic (exact) mass is 320 g/mol. The van der Waals surface area contributed by atoms with Crippen LogP contribution >= 0.6 is 46.4 Å². The van der Waals surface area contributed by atoms with Crippen LogP contribution in [0.5, 0.6) is 0 Å². The molecule has 2 nitrogen and oxygen atoms in total. The zero-order valence-electron chi connectivity index (χ0n) is 9.27. The van der Waals surface area contributed by atoms with Crippen LogP contribution in [0.2, 0.25) is 20.2 Å². The van der Waals surface area contributed by atoms with Crippen LogP contribution in [-0.2, 0) is 0 Å². The van der Waals surface area contributed by atoms with Gasteiger partial charge >= 0.3 is 0 Å². The van der Waals surface area contributed by atoms with Crippen molar-refractivity contribution in [3.63, 3.8) is 0 Å². The summed E-state index contributed by atoms with van der Waals surface area (Å²) in [5.41, 5.74) is 1.72. The number of hydrogen-bond acceptors (Lipinski definition) is 2. The largest absolute Gasteiger partial charge is 0.339 e. The van der Waals surface area contributed by atoms with E-state index < -0.39 is 0 Å². The van der Waals surface area contributed by atoms with Crippen molar-refractivity contribution in [1.29, 1.82) is 0 Å². The number of hydrogen-bond donors (Lipinski definition) is 1. The summed E-state index contributed by atoms with van der Waals surface area (Å²) in [5.74, 6) is 0.441. The molecule has 94 valence electrons. The minimum absolute atomic E-state index is 0.197. The summed E-state index contributed by atoms with van der Waals surface area (Å²) < 4.78 is 0. The van der Waals surface area contributed by atoms with E-state index in [0.29, 0.717) is 20.9 Å². The fourth-order valence-corrected chi connectivity index (χ4v) is 2.12. The second kappa shape index (κ2) is 5.54. The van der Waals surface area contributed by atoms with Crippen molar-refractivity contribution < 1.29 is 0 Å². The van der Waals surface area contributed by atoms with Crippen LogP contribution in [0, 0.1) is 6.92 Å². The highest BCUT2D eigenvalue weighted by Gasteiger charge is 2.09. The van der Waals surface area contributed by atoms with Crippen molar-refractivity contribution in [3.05, 3.63) is 50.0 Å². The molecular formula is C12H8Cl4N2. The molecule has 6 heteroatoms. The Morgan fingerprint density at radius 1 is 1.00 bits per heavy atom. The topological polar surface area (TPSA) is 24.9 Å². The van der Waals surface area contributed by atoms with Gasteiger partial charge in [0.15, 0.2) is 5.82 Å². The van der Waals surface area contributed by atoms with E-state index in [2.05, 4.69) is 10.3 Å². The number of pyridine rings is 1. The summed E-state index contributed by atoms with van der Waals surface area (Å²) in [6, 6.07) is 7.07. The molecule has 2 rings (SSSR count). The Morgan fingerprint density at radius 3 is 2.44 bits per heavy atom. The molecule has 0 amide bonds. The van der Waals surface area contributed by atoms with Crippen LogP contribution in [-0.4, -0.2) is 4.98 Å². The molecule has 0 aliphatic rings. The normalized spacial score (nSPS) is 10.5. The average Bonchev–Trinajstić information content (AvgIpc) is 2.32. The van der Waals surface area contributed by atoms with Crippen LogP contribution in [0.4, 0.5) is 11.5 Å². The number of benzene rings is 1. The van der Waals surface area contributed by atoms with Crippen LogP contribution < -0.4 is 5.32 Å². The van der Waals surface area contributed by atoms with Crippen molar-refractivity contribution in [2.75, 3.05) is 5.32 Å². The SMILES string of the molecule is Cc1c(Cl)cccc1Nc1nc(Cl)c(Cl)cc1Cl. The fraction of sp³-hybridized carbons (Fsp3) is 0.0833. The standard InChI is InChI=1S/C12H8Cl4N2/c1-6-7(13)3-2-4-10(6)17-12-9(15)5-8(14)11(16)18-12/h2-5H,1H3,(H,17,18). The van der Waals surface area contributed by atoms with Gasteiger partial charge < -0.3 is 5.32 Å². The minimum Gasteiger partial charge on any atom is -0.339 e. The van der Waals surface area contributed by atoms with Crippen molar-refractivity contribution in [2.45, 2.75) is 6.92 Å². The number of halogens is 4. The molecule has 1 N–H and O–H groups in total. The molecule has 0 unspecified atom stereocenters. The second-order valence-electron chi connectivity index (χ2n) is 3.63. The van der Waals surface area contributed by atoms with Crippen molar-refractivity contribution in [3.8, 4) is 0 Å². The number of nitrogens with zero attached hydrogens (tertiary/aromatic N) is 1. The maximum Gasteiger partial charge on any atom is 0.151 e. The van der Waals surface area contributed by atoms with E-state index in [9.17, 15) is 0 Å². The Bertz CT molecular complexity index is 599. The number of aromatic nitrogens is 1. The van der Waals surface area contributed by atoms with Crippen LogP contribution in [0.3, 0.4) is 0 Å². The quantitative estimate of drug-likeness (QED) is 0.712. The summed E-state index contributed by atoms with van der Waals surface area (Å²) in [7, 11) is 0. The molecule has 0 aliphatic carbocycles. The maximum absolute atomic E-state index is 6.04. The van der Waals surface area contributed by atoms with Crippen LogP contribution in [0.25, 0.3) is 0 Å². The lowest BCUT2D eigenvalue weighted by Crippen LogP contribution is -1.97. The molecular weight excluding hydrogens is 314 g/mol. The van der Waals surface area contributed by atoms with Crippen LogP contribution in [0.1, 0.15) is 5.56 Å². The van der Waals surface area contributed by atoms with Crippen molar-refractivity contribution >= 4 is 57.9 Å². The fourth-order valence-electron chi connectivity index (χ4n) is 1.40. The summed E-state index contributed by atoms with van der Waals surface area (Å²) in [6.07, 6.45) is 0. The van der Waals surface area contributed by atoms with Gasteiger partial charge in [-0.25, -0.2) is 4.98 Å². The highest BCUT2D eigenvalue weighted by molar-refractivity contribution is 6.43. The first-order chi connectivity index (χ1) is 8.49. The maximum atomic E-state index is 6.04. The number of anilines is 2. The van der Waals surface area contributed by atoms with Gasteiger partial charge in [-0.2, -0.15) is 0 Å². The van der Waals surface area contributed by atoms with Crippen molar-refractivity contribution in [1.82, 2.24) is 4.98 Å². The van der Waals surface area contributed by atoms with Gasteiger partial charge in [-0.15, -0.1) is 0 Å². The lowest BCUT2D eigenvalue weighted by molar-refractivity contribution is 1.30. The molecule has 0 fully saturated rings. The Morgan fingerprint density at radius 2 is 1.72 bits per heavy atom. The zero-order chi connectivity index (χ0) is 13.3. The van der Waals surface area contributed by atoms with Gasteiger partial charge in [0.1, 0.15) is 5.15 Å². The Hall–Kier alpha value is -0.670. The second-order valence-corrected chi connectivity index (χ2v) is 5.21. The van der Waals surface area contributed by atoms with E-state index in [-0.39, 0.29) is 5.15 Å². The van der Waals surface area contributed by atoms with E-state index in [1.807, 2.05) is 25.1 Å². The van der Waals surface area contributed by atoms with Gasteiger partial charge in [-0.3, -0.25) is 0 Å². The third kappa shape index (κ3) is 2.83. The lowest BCUT2D eigenvalue weighted by atomic mass is 10.2. The lowest BCUT2D eigenvalue weighted by Gasteiger charge is -2.11. The predicted molar refractivity (Wildman–Crippen MR) is 78.7 cm³/mol. The third-order valence-corrected chi connectivity index (χ3v) is 3.78. The van der Waals surface area contributed by atoms with Gasteiger partial charge in [-0.05, 0) is 30.7 Å². The van der Waals surface area contributed by atoms with Gasteiger partial charge in [0.2, 0.25) is 0 Å². The van der Waals surface area contributed by atoms with Gasteiger partial charge in [0.25, 0.3) is 0 Å². The summed E-state index contributed by atoms with van der Waals surface area (Å²) in [5, 5.41) is 4.65.